The lowest BCUT2D eigenvalue weighted by Crippen LogP contribution is -2.30. The normalized spacial score (nSPS) is 11.7. The second-order valence-corrected chi connectivity index (χ2v) is 7.13. The third kappa shape index (κ3) is 2.15. The molecule has 26 heavy (non-hydrogen) atoms. The zero-order valence-corrected chi connectivity index (χ0v) is 15.2. The quantitative estimate of drug-likeness (QED) is 0.351. The van der Waals surface area contributed by atoms with Crippen LogP contribution in [0.15, 0.2) is 71.3 Å². The summed E-state index contributed by atoms with van der Waals surface area (Å²) in [5, 5.41) is 4.74. The summed E-state index contributed by atoms with van der Waals surface area (Å²) in [6, 6.07) is 21.6. The van der Waals surface area contributed by atoms with Crippen molar-refractivity contribution in [2.75, 3.05) is 0 Å². The number of furan rings is 1. The maximum absolute atomic E-state index is 6.34. The van der Waals surface area contributed by atoms with E-state index in [-0.39, 0.29) is 0 Å². The molecule has 0 N–H and O–H groups in total. The van der Waals surface area contributed by atoms with Crippen molar-refractivity contribution in [2.24, 2.45) is 7.05 Å². The van der Waals surface area contributed by atoms with Crippen molar-refractivity contribution in [3.05, 3.63) is 78.0 Å². The van der Waals surface area contributed by atoms with Crippen molar-refractivity contribution in [2.45, 2.75) is 13.8 Å². The molecule has 0 aliphatic rings. The third-order valence-corrected chi connectivity index (χ3v) is 5.29. The van der Waals surface area contributed by atoms with E-state index in [1.165, 1.54) is 43.9 Å². The van der Waals surface area contributed by atoms with Crippen molar-refractivity contribution < 1.29 is 8.98 Å². The van der Waals surface area contributed by atoms with Gasteiger partial charge in [-0.2, -0.15) is 0 Å². The first-order chi connectivity index (χ1) is 12.6. The van der Waals surface area contributed by atoms with Gasteiger partial charge in [0.05, 0.1) is 5.56 Å². The van der Waals surface area contributed by atoms with Crippen LogP contribution in [0, 0.1) is 13.8 Å². The number of pyridine rings is 1. The SMILES string of the molecule is Cc1cc[n+](C)c(-c2cc3oc4c5ccccc5ccc4c3cc2C)c1. The molecule has 0 unspecified atom stereocenters. The molecule has 0 aliphatic carbocycles. The monoisotopic (exact) mass is 338 g/mol. The van der Waals surface area contributed by atoms with E-state index in [0.717, 1.165) is 11.2 Å². The standard InChI is InChI=1S/C24H20NO/c1-15-10-11-25(3)22(12-15)20-14-23-21(13-16(20)2)19-9-8-17-6-4-5-7-18(17)24(19)26-23/h4-14H,1-3H3/q+1. The van der Waals surface area contributed by atoms with Gasteiger partial charge in [-0.1, -0.05) is 30.3 Å². The molecular formula is C24H20NO+. The Balaban J connectivity index is 1.86. The molecule has 2 aromatic heterocycles. The van der Waals surface area contributed by atoms with Gasteiger partial charge >= 0.3 is 0 Å². The Hall–Kier alpha value is -3.13. The van der Waals surface area contributed by atoms with Crippen molar-refractivity contribution in [3.8, 4) is 11.3 Å². The Morgan fingerprint density at radius 2 is 1.65 bits per heavy atom. The summed E-state index contributed by atoms with van der Waals surface area (Å²) >= 11 is 0. The lowest BCUT2D eigenvalue weighted by Gasteiger charge is -2.05. The molecule has 0 fully saturated rings. The highest BCUT2D eigenvalue weighted by Gasteiger charge is 2.17. The molecule has 2 heterocycles. The average molecular weight is 338 g/mol. The van der Waals surface area contributed by atoms with Crippen LogP contribution in [0.2, 0.25) is 0 Å². The van der Waals surface area contributed by atoms with E-state index in [4.69, 9.17) is 4.42 Å². The maximum atomic E-state index is 6.34. The summed E-state index contributed by atoms with van der Waals surface area (Å²) in [7, 11) is 2.09. The number of nitrogens with zero attached hydrogens (tertiary/aromatic N) is 1. The molecular weight excluding hydrogens is 318 g/mol. The Morgan fingerprint density at radius 3 is 2.54 bits per heavy atom. The molecule has 0 radical (unpaired) electrons. The van der Waals surface area contributed by atoms with Gasteiger partial charge in [0.1, 0.15) is 18.2 Å². The molecule has 126 valence electrons. The molecule has 0 saturated carbocycles. The molecule has 0 saturated heterocycles. The fourth-order valence-corrected chi connectivity index (χ4v) is 3.88. The molecule has 0 atom stereocenters. The van der Waals surface area contributed by atoms with Gasteiger partial charge in [-0.15, -0.1) is 0 Å². The zero-order chi connectivity index (χ0) is 17.8. The van der Waals surface area contributed by atoms with Gasteiger partial charge in [0.2, 0.25) is 5.69 Å². The largest absolute Gasteiger partial charge is 0.455 e. The van der Waals surface area contributed by atoms with Gasteiger partial charge < -0.3 is 4.42 Å². The van der Waals surface area contributed by atoms with Gasteiger partial charge in [-0.25, -0.2) is 4.57 Å². The lowest BCUT2D eigenvalue weighted by molar-refractivity contribution is -0.660. The van der Waals surface area contributed by atoms with Gasteiger partial charge in [-0.3, -0.25) is 0 Å². The Morgan fingerprint density at radius 1 is 0.808 bits per heavy atom. The van der Waals surface area contributed by atoms with Crippen molar-refractivity contribution >= 4 is 32.7 Å². The highest BCUT2D eigenvalue weighted by atomic mass is 16.3. The molecule has 5 aromatic rings. The number of aryl methyl sites for hydroxylation is 3. The number of hydrogen-bond donors (Lipinski definition) is 0. The number of fused-ring (bicyclic) bond motifs is 5. The van der Waals surface area contributed by atoms with Gasteiger partial charge in [0, 0.05) is 28.3 Å². The number of hydrogen-bond acceptors (Lipinski definition) is 1. The van der Waals surface area contributed by atoms with E-state index >= 15 is 0 Å². The third-order valence-electron chi connectivity index (χ3n) is 5.29. The highest BCUT2D eigenvalue weighted by Crippen LogP contribution is 2.37. The van der Waals surface area contributed by atoms with Gasteiger partial charge in [-0.05, 0) is 48.6 Å². The van der Waals surface area contributed by atoms with E-state index in [1.807, 2.05) is 0 Å². The van der Waals surface area contributed by atoms with Crippen LogP contribution in [0.25, 0.3) is 44.0 Å². The first-order valence-corrected chi connectivity index (χ1v) is 8.93. The summed E-state index contributed by atoms with van der Waals surface area (Å²) < 4.78 is 8.51. The summed E-state index contributed by atoms with van der Waals surface area (Å²) in [5.74, 6) is 0. The molecule has 3 aromatic carbocycles. The summed E-state index contributed by atoms with van der Waals surface area (Å²) in [6.07, 6.45) is 2.11. The van der Waals surface area contributed by atoms with E-state index in [9.17, 15) is 0 Å². The van der Waals surface area contributed by atoms with Crippen LogP contribution in [0.5, 0.6) is 0 Å². The lowest BCUT2D eigenvalue weighted by atomic mass is 9.99. The number of rotatable bonds is 1. The van der Waals surface area contributed by atoms with Crippen LogP contribution in [0.4, 0.5) is 0 Å². The van der Waals surface area contributed by atoms with Crippen LogP contribution in [0.3, 0.4) is 0 Å². The van der Waals surface area contributed by atoms with Gasteiger partial charge in [0.15, 0.2) is 6.20 Å². The summed E-state index contributed by atoms with van der Waals surface area (Å²) in [5.41, 5.74) is 6.85. The van der Waals surface area contributed by atoms with Crippen LogP contribution >= 0.6 is 0 Å². The minimum absolute atomic E-state index is 0.943. The van der Waals surface area contributed by atoms with E-state index in [1.54, 1.807) is 0 Å². The first kappa shape index (κ1) is 15.2. The van der Waals surface area contributed by atoms with Gasteiger partial charge in [0.25, 0.3) is 0 Å². The number of aromatic nitrogens is 1. The average Bonchev–Trinajstić information content (AvgIpc) is 3.01. The van der Waals surface area contributed by atoms with E-state index in [2.05, 4.69) is 92.3 Å². The Kier molecular flexibility index (Phi) is 3.17. The summed E-state index contributed by atoms with van der Waals surface area (Å²) in [4.78, 5) is 0. The molecule has 0 aliphatic heterocycles. The Bertz CT molecular complexity index is 1310. The Labute approximate surface area is 152 Å². The van der Waals surface area contributed by atoms with Crippen molar-refractivity contribution in [1.29, 1.82) is 0 Å². The predicted molar refractivity (Wildman–Crippen MR) is 107 cm³/mol. The highest BCUT2D eigenvalue weighted by molar-refractivity contribution is 6.15. The van der Waals surface area contributed by atoms with Crippen LogP contribution in [-0.2, 0) is 7.05 Å². The number of benzene rings is 3. The topological polar surface area (TPSA) is 17.0 Å². The van der Waals surface area contributed by atoms with Crippen molar-refractivity contribution in [1.82, 2.24) is 0 Å². The maximum Gasteiger partial charge on any atom is 0.212 e. The smallest absolute Gasteiger partial charge is 0.212 e. The predicted octanol–water partition coefficient (Wildman–Crippen LogP) is 5.85. The van der Waals surface area contributed by atoms with E-state index < -0.39 is 0 Å². The molecule has 0 bridgehead atoms. The zero-order valence-electron chi connectivity index (χ0n) is 15.2. The van der Waals surface area contributed by atoms with Crippen molar-refractivity contribution in [3.63, 3.8) is 0 Å². The minimum Gasteiger partial charge on any atom is -0.455 e. The molecule has 2 heteroatoms. The van der Waals surface area contributed by atoms with E-state index in [0.29, 0.717) is 0 Å². The first-order valence-electron chi connectivity index (χ1n) is 8.93. The second-order valence-electron chi connectivity index (χ2n) is 7.13. The van der Waals surface area contributed by atoms with Crippen LogP contribution in [-0.4, -0.2) is 0 Å². The van der Waals surface area contributed by atoms with Crippen LogP contribution in [0.1, 0.15) is 11.1 Å². The molecule has 0 spiro atoms. The molecule has 2 nitrogen and oxygen atoms in total. The fraction of sp³-hybridized carbons (Fsp3) is 0.125. The second kappa shape index (κ2) is 5.43. The summed E-state index contributed by atoms with van der Waals surface area (Å²) in [6.45, 7) is 4.31. The van der Waals surface area contributed by atoms with Crippen LogP contribution < -0.4 is 4.57 Å². The fourth-order valence-electron chi connectivity index (χ4n) is 3.88. The molecule has 0 amide bonds. The molecule has 5 rings (SSSR count). The minimum atomic E-state index is 0.943.